The summed E-state index contributed by atoms with van der Waals surface area (Å²) in [5.41, 5.74) is 0.538. The molecule has 1 atom stereocenters. The summed E-state index contributed by atoms with van der Waals surface area (Å²) in [4.78, 5) is 11.9. The van der Waals surface area contributed by atoms with Gasteiger partial charge in [0.15, 0.2) is 17.7 Å². The van der Waals surface area contributed by atoms with E-state index in [9.17, 15) is 9.18 Å². The molecule has 6 nitrogen and oxygen atoms in total. The lowest BCUT2D eigenvalue weighted by Gasteiger charge is -2.14. The van der Waals surface area contributed by atoms with Crippen molar-refractivity contribution in [2.75, 3.05) is 5.32 Å². The van der Waals surface area contributed by atoms with Gasteiger partial charge in [-0.1, -0.05) is 24.2 Å². The molecular weight excluding hydrogens is 265 g/mol. The van der Waals surface area contributed by atoms with E-state index in [1.54, 1.807) is 12.1 Å². The monoisotopic (exact) mass is 279 g/mol. The highest BCUT2D eigenvalue weighted by Gasteiger charge is 2.19. The molecule has 0 unspecified atom stereocenters. The van der Waals surface area contributed by atoms with Crippen LogP contribution in [0.25, 0.3) is 0 Å². The highest BCUT2D eigenvalue weighted by molar-refractivity contribution is 5.93. The number of benzene rings is 1. The molecule has 0 bridgehead atoms. The molecule has 1 aromatic carbocycles. The number of nitrogens with zero attached hydrogens (tertiary/aromatic N) is 2. The molecule has 1 amide bonds. The normalized spacial score (nSPS) is 11.9. The van der Waals surface area contributed by atoms with Crippen LogP contribution >= 0.6 is 0 Å². The molecule has 7 heteroatoms. The van der Waals surface area contributed by atoms with E-state index in [2.05, 4.69) is 20.3 Å². The Balaban J connectivity index is 2.01. The fraction of sp³-hybridized carbons (Fsp3) is 0.308. The number of halogens is 1. The Morgan fingerprint density at radius 1 is 1.45 bits per heavy atom. The zero-order valence-electron chi connectivity index (χ0n) is 11.1. The fourth-order valence-electron chi connectivity index (χ4n) is 1.54. The lowest BCUT2D eigenvalue weighted by Crippen LogP contribution is -2.30. The van der Waals surface area contributed by atoms with Crippen LogP contribution in [0.4, 0.5) is 10.2 Å². The van der Waals surface area contributed by atoms with Gasteiger partial charge in [-0.15, -0.1) is 0 Å². The van der Waals surface area contributed by atoms with Gasteiger partial charge in [0, 0.05) is 0 Å². The summed E-state index contributed by atoms with van der Waals surface area (Å²) in [5.74, 6) is -0.714. The molecule has 1 aromatic heterocycles. The maximum absolute atomic E-state index is 13.4. The van der Waals surface area contributed by atoms with Crippen molar-refractivity contribution in [2.24, 2.45) is 0 Å². The van der Waals surface area contributed by atoms with Crippen LogP contribution in [0.5, 0.6) is 5.75 Å². The standard InChI is InChI=1S/C13H14FN3O3/c1-3-10-12(17-20-16-10)15-13(18)8(2)19-11-7-5-4-6-9(11)14/h4-8H,3H2,1-2H3,(H,15,17,18)/t8-/m1/s1. The quantitative estimate of drug-likeness (QED) is 0.907. The lowest BCUT2D eigenvalue weighted by molar-refractivity contribution is -0.122. The maximum atomic E-state index is 13.4. The van der Waals surface area contributed by atoms with E-state index < -0.39 is 17.8 Å². The summed E-state index contributed by atoms with van der Waals surface area (Å²) in [6.45, 7) is 3.37. The summed E-state index contributed by atoms with van der Waals surface area (Å²) in [6.07, 6.45) is -0.310. The SMILES string of the molecule is CCc1nonc1NC(=O)[C@@H](C)Oc1ccccc1F. The van der Waals surface area contributed by atoms with Crippen molar-refractivity contribution in [3.05, 3.63) is 35.8 Å². The Kier molecular flexibility index (Phi) is 4.29. The Labute approximate surface area is 114 Å². The second kappa shape index (κ2) is 6.14. The van der Waals surface area contributed by atoms with Crippen LogP contribution in [0.3, 0.4) is 0 Å². The second-order valence-corrected chi connectivity index (χ2v) is 4.09. The summed E-state index contributed by atoms with van der Waals surface area (Å²) in [5, 5.41) is 9.76. The molecule has 0 aliphatic carbocycles. The molecule has 20 heavy (non-hydrogen) atoms. The van der Waals surface area contributed by atoms with Gasteiger partial charge in [-0.2, -0.15) is 0 Å². The zero-order chi connectivity index (χ0) is 14.5. The Bertz CT molecular complexity index is 600. The lowest BCUT2D eigenvalue weighted by atomic mass is 10.3. The number of carbonyl (C=O) groups excluding carboxylic acids is 1. The Morgan fingerprint density at radius 3 is 2.90 bits per heavy atom. The van der Waals surface area contributed by atoms with Gasteiger partial charge >= 0.3 is 0 Å². The molecule has 2 aromatic rings. The smallest absolute Gasteiger partial charge is 0.266 e. The predicted octanol–water partition coefficient (Wildman–Crippen LogP) is 2.18. The van der Waals surface area contributed by atoms with Crippen LogP contribution in [0, 0.1) is 5.82 Å². The highest BCUT2D eigenvalue weighted by Crippen LogP contribution is 2.18. The van der Waals surface area contributed by atoms with Crippen LogP contribution in [0.1, 0.15) is 19.5 Å². The molecule has 0 fully saturated rings. The van der Waals surface area contributed by atoms with E-state index in [4.69, 9.17) is 4.74 Å². The van der Waals surface area contributed by atoms with E-state index >= 15 is 0 Å². The number of carbonyl (C=O) groups is 1. The molecule has 1 heterocycles. The minimum absolute atomic E-state index is 0.0177. The van der Waals surface area contributed by atoms with Crippen LogP contribution in [0.2, 0.25) is 0 Å². The average molecular weight is 279 g/mol. The van der Waals surface area contributed by atoms with Crippen molar-refractivity contribution in [1.29, 1.82) is 0 Å². The van der Waals surface area contributed by atoms with Crippen LogP contribution in [0.15, 0.2) is 28.9 Å². The summed E-state index contributed by atoms with van der Waals surface area (Å²) in [6, 6.07) is 5.88. The Morgan fingerprint density at radius 2 is 2.20 bits per heavy atom. The molecule has 2 rings (SSSR count). The van der Waals surface area contributed by atoms with Crippen LogP contribution in [-0.2, 0) is 11.2 Å². The number of ether oxygens (including phenoxy) is 1. The van der Waals surface area contributed by atoms with Crippen molar-refractivity contribution >= 4 is 11.7 Å². The van der Waals surface area contributed by atoms with Crippen molar-refractivity contribution < 1.29 is 18.6 Å². The van der Waals surface area contributed by atoms with Gasteiger partial charge in [0.1, 0.15) is 5.69 Å². The van der Waals surface area contributed by atoms with Crippen molar-refractivity contribution in [1.82, 2.24) is 10.3 Å². The first-order chi connectivity index (χ1) is 9.61. The molecule has 0 radical (unpaired) electrons. The van der Waals surface area contributed by atoms with Gasteiger partial charge in [0.25, 0.3) is 5.91 Å². The first kappa shape index (κ1) is 14.0. The molecule has 1 N–H and O–H groups in total. The molecule has 0 aliphatic rings. The Hall–Kier alpha value is -2.44. The number of hydrogen-bond donors (Lipinski definition) is 1. The number of hydrogen-bond acceptors (Lipinski definition) is 5. The minimum Gasteiger partial charge on any atom is -0.478 e. The molecule has 0 saturated heterocycles. The predicted molar refractivity (Wildman–Crippen MR) is 68.8 cm³/mol. The summed E-state index contributed by atoms with van der Waals surface area (Å²) < 4.78 is 23.2. The number of nitrogens with one attached hydrogen (secondary N) is 1. The fourth-order valence-corrected chi connectivity index (χ4v) is 1.54. The molecular formula is C13H14FN3O3. The largest absolute Gasteiger partial charge is 0.478 e. The maximum Gasteiger partial charge on any atom is 0.266 e. The summed E-state index contributed by atoms with van der Waals surface area (Å²) in [7, 11) is 0. The number of aryl methyl sites for hydroxylation is 1. The third-order valence-corrected chi connectivity index (χ3v) is 2.64. The van der Waals surface area contributed by atoms with E-state index in [1.165, 1.54) is 19.1 Å². The van der Waals surface area contributed by atoms with E-state index in [1.807, 2.05) is 6.92 Å². The van der Waals surface area contributed by atoms with E-state index in [-0.39, 0.29) is 11.6 Å². The summed E-state index contributed by atoms with van der Waals surface area (Å²) >= 11 is 0. The second-order valence-electron chi connectivity index (χ2n) is 4.09. The average Bonchev–Trinajstić information content (AvgIpc) is 2.88. The molecule has 0 aliphatic heterocycles. The van der Waals surface area contributed by atoms with Crippen LogP contribution in [-0.4, -0.2) is 22.3 Å². The zero-order valence-corrected chi connectivity index (χ0v) is 11.1. The molecule has 0 saturated carbocycles. The van der Waals surface area contributed by atoms with Crippen LogP contribution < -0.4 is 10.1 Å². The van der Waals surface area contributed by atoms with E-state index in [0.717, 1.165) is 0 Å². The van der Waals surface area contributed by atoms with Gasteiger partial charge in [-0.25, -0.2) is 9.02 Å². The first-order valence-electron chi connectivity index (χ1n) is 6.15. The highest BCUT2D eigenvalue weighted by atomic mass is 19.1. The van der Waals surface area contributed by atoms with Crippen molar-refractivity contribution in [3.8, 4) is 5.75 Å². The third-order valence-electron chi connectivity index (χ3n) is 2.64. The van der Waals surface area contributed by atoms with Gasteiger partial charge < -0.3 is 10.1 Å². The first-order valence-corrected chi connectivity index (χ1v) is 6.15. The number of anilines is 1. The number of para-hydroxylation sites is 1. The minimum atomic E-state index is -0.881. The number of aromatic nitrogens is 2. The number of amides is 1. The van der Waals surface area contributed by atoms with E-state index in [0.29, 0.717) is 12.1 Å². The van der Waals surface area contributed by atoms with Gasteiger partial charge in [-0.3, -0.25) is 4.79 Å². The van der Waals surface area contributed by atoms with Gasteiger partial charge in [-0.05, 0) is 30.6 Å². The van der Waals surface area contributed by atoms with Gasteiger partial charge in [0.05, 0.1) is 0 Å². The molecule has 106 valence electrons. The topological polar surface area (TPSA) is 77.3 Å². The molecule has 0 spiro atoms. The third kappa shape index (κ3) is 3.11. The number of rotatable bonds is 5. The van der Waals surface area contributed by atoms with Crippen molar-refractivity contribution in [3.63, 3.8) is 0 Å². The van der Waals surface area contributed by atoms with Crippen molar-refractivity contribution in [2.45, 2.75) is 26.4 Å². The van der Waals surface area contributed by atoms with Gasteiger partial charge in [0.2, 0.25) is 5.82 Å².